The Morgan fingerprint density at radius 3 is 2.76 bits per heavy atom. The molecule has 1 atom stereocenters. The van der Waals surface area contributed by atoms with Crippen LogP contribution in [0.2, 0.25) is 0 Å². The number of nitro groups is 1. The van der Waals surface area contributed by atoms with E-state index >= 15 is 0 Å². The highest BCUT2D eigenvalue weighted by molar-refractivity contribution is 5.93. The second kappa shape index (κ2) is 7.50. The molecule has 0 fully saturated rings. The van der Waals surface area contributed by atoms with Crippen LogP contribution in [-0.2, 0) is 4.74 Å². The van der Waals surface area contributed by atoms with Crippen molar-refractivity contribution in [2.24, 2.45) is 0 Å². The number of carboxylic acids is 1. The van der Waals surface area contributed by atoms with Gasteiger partial charge in [0.2, 0.25) is 0 Å². The van der Waals surface area contributed by atoms with E-state index in [9.17, 15) is 24.4 Å². The molecule has 1 unspecified atom stereocenters. The molecule has 0 aliphatic carbocycles. The van der Waals surface area contributed by atoms with Crippen molar-refractivity contribution in [1.29, 1.82) is 0 Å². The Hall–Kier alpha value is -2.26. The molecule has 0 aliphatic heterocycles. The van der Waals surface area contributed by atoms with Gasteiger partial charge in [0.25, 0.3) is 5.69 Å². The minimum absolute atomic E-state index is 0.116. The highest BCUT2D eigenvalue weighted by atomic mass is 19.1. The Bertz CT molecular complexity index is 537. The fourth-order valence-corrected chi connectivity index (χ4v) is 1.67. The molecule has 0 radical (unpaired) electrons. The van der Waals surface area contributed by atoms with E-state index in [1.165, 1.54) is 7.11 Å². The first-order valence-electron chi connectivity index (χ1n) is 5.99. The van der Waals surface area contributed by atoms with Gasteiger partial charge in [-0.05, 0) is 12.5 Å². The summed E-state index contributed by atoms with van der Waals surface area (Å²) in [5.74, 6) is -2.46. The smallest absolute Gasteiger partial charge is 0.342 e. The second-order valence-electron chi connectivity index (χ2n) is 4.24. The van der Waals surface area contributed by atoms with Gasteiger partial charge in [0.15, 0.2) is 5.82 Å². The van der Waals surface area contributed by atoms with Crippen LogP contribution in [0.15, 0.2) is 12.1 Å². The number of ether oxygens (including phenoxy) is 1. The van der Waals surface area contributed by atoms with Crippen LogP contribution < -0.4 is 5.32 Å². The van der Waals surface area contributed by atoms with Crippen LogP contribution in [0.5, 0.6) is 0 Å². The normalized spacial score (nSPS) is 12.0. The van der Waals surface area contributed by atoms with Crippen LogP contribution in [0, 0.1) is 15.9 Å². The van der Waals surface area contributed by atoms with E-state index in [0.717, 1.165) is 6.07 Å². The first-order chi connectivity index (χ1) is 9.86. The van der Waals surface area contributed by atoms with Crippen molar-refractivity contribution in [2.45, 2.75) is 12.5 Å². The number of carbonyl (C=O) groups is 1. The fraction of sp³-hybridized carbons (Fsp3) is 0.417. The third-order valence-electron chi connectivity index (χ3n) is 2.66. The van der Waals surface area contributed by atoms with Crippen molar-refractivity contribution >= 4 is 17.3 Å². The van der Waals surface area contributed by atoms with Gasteiger partial charge in [0.05, 0.1) is 29.4 Å². The molecule has 0 saturated heterocycles. The summed E-state index contributed by atoms with van der Waals surface area (Å²) in [6.07, 6.45) is -0.505. The van der Waals surface area contributed by atoms with Gasteiger partial charge in [0.1, 0.15) is 5.56 Å². The molecule has 1 aromatic carbocycles. The zero-order chi connectivity index (χ0) is 16.0. The molecule has 0 bridgehead atoms. The van der Waals surface area contributed by atoms with Gasteiger partial charge in [-0.1, -0.05) is 0 Å². The van der Waals surface area contributed by atoms with E-state index in [4.69, 9.17) is 9.84 Å². The molecule has 0 aromatic heterocycles. The average Bonchev–Trinajstić information content (AvgIpc) is 2.40. The number of nitrogens with zero attached hydrogens (tertiary/aromatic N) is 1. The number of hydrogen-bond acceptors (Lipinski definition) is 6. The van der Waals surface area contributed by atoms with Crippen LogP contribution in [-0.4, -0.2) is 47.5 Å². The molecule has 0 amide bonds. The lowest BCUT2D eigenvalue weighted by Gasteiger charge is -2.12. The van der Waals surface area contributed by atoms with Crippen molar-refractivity contribution in [2.75, 3.05) is 25.6 Å². The quantitative estimate of drug-likeness (QED) is 0.487. The van der Waals surface area contributed by atoms with Crippen LogP contribution in [0.1, 0.15) is 16.8 Å². The third kappa shape index (κ3) is 4.65. The molecule has 1 rings (SSSR count). The minimum Gasteiger partial charge on any atom is -0.477 e. The number of aliphatic hydroxyl groups excluding tert-OH is 1. The first-order valence-corrected chi connectivity index (χ1v) is 5.99. The molecule has 0 saturated carbocycles. The van der Waals surface area contributed by atoms with E-state index in [1.54, 1.807) is 0 Å². The Morgan fingerprint density at radius 2 is 2.24 bits per heavy atom. The summed E-state index contributed by atoms with van der Waals surface area (Å²) in [4.78, 5) is 20.7. The van der Waals surface area contributed by atoms with Crippen LogP contribution in [0.3, 0.4) is 0 Å². The van der Waals surface area contributed by atoms with Crippen molar-refractivity contribution in [3.8, 4) is 0 Å². The molecule has 3 N–H and O–H groups in total. The summed E-state index contributed by atoms with van der Waals surface area (Å²) < 4.78 is 18.4. The number of nitro benzene ring substituents is 1. The number of carboxylic acid groups (broad SMARTS) is 1. The number of rotatable bonds is 8. The number of methoxy groups -OCH3 is 1. The van der Waals surface area contributed by atoms with Gasteiger partial charge in [-0.15, -0.1) is 0 Å². The number of anilines is 1. The van der Waals surface area contributed by atoms with Crippen LogP contribution in [0.25, 0.3) is 0 Å². The molecule has 9 heteroatoms. The zero-order valence-corrected chi connectivity index (χ0v) is 11.2. The van der Waals surface area contributed by atoms with Crippen molar-refractivity contribution in [3.63, 3.8) is 0 Å². The van der Waals surface area contributed by atoms with E-state index < -0.39 is 34.1 Å². The Balaban J connectivity index is 2.86. The highest BCUT2D eigenvalue weighted by Crippen LogP contribution is 2.26. The maximum Gasteiger partial charge on any atom is 0.342 e. The molecule has 21 heavy (non-hydrogen) atoms. The summed E-state index contributed by atoms with van der Waals surface area (Å²) >= 11 is 0. The third-order valence-corrected chi connectivity index (χ3v) is 2.66. The molecule has 0 heterocycles. The second-order valence-corrected chi connectivity index (χ2v) is 4.24. The van der Waals surface area contributed by atoms with Crippen molar-refractivity contribution in [3.05, 3.63) is 33.6 Å². The average molecular weight is 302 g/mol. The minimum atomic E-state index is -1.52. The summed E-state index contributed by atoms with van der Waals surface area (Å²) in [6.45, 7) is 0.267. The number of benzene rings is 1. The van der Waals surface area contributed by atoms with Crippen LogP contribution in [0.4, 0.5) is 15.8 Å². The van der Waals surface area contributed by atoms with Gasteiger partial charge in [-0.3, -0.25) is 10.1 Å². The fourth-order valence-electron chi connectivity index (χ4n) is 1.67. The predicted molar refractivity (Wildman–Crippen MR) is 71.0 cm³/mol. The van der Waals surface area contributed by atoms with Crippen molar-refractivity contribution < 1.29 is 29.1 Å². The van der Waals surface area contributed by atoms with Gasteiger partial charge >= 0.3 is 5.97 Å². The monoisotopic (exact) mass is 302 g/mol. The summed E-state index contributed by atoms with van der Waals surface area (Å²) in [5.41, 5.74) is -1.60. The first kappa shape index (κ1) is 16.8. The number of aromatic carboxylic acids is 1. The topological polar surface area (TPSA) is 122 Å². The van der Waals surface area contributed by atoms with E-state index in [-0.39, 0.29) is 25.3 Å². The SMILES string of the molecule is COCC(O)CCNc1cc(C(=O)O)c([N+](=O)[O-])cc1F. The molecule has 1 aromatic rings. The maximum atomic E-state index is 13.7. The number of aliphatic hydroxyl groups is 1. The van der Waals surface area contributed by atoms with E-state index in [0.29, 0.717) is 6.07 Å². The molecule has 0 aliphatic rings. The van der Waals surface area contributed by atoms with Crippen LogP contribution >= 0.6 is 0 Å². The molecular weight excluding hydrogens is 287 g/mol. The van der Waals surface area contributed by atoms with E-state index in [1.807, 2.05) is 0 Å². The van der Waals surface area contributed by atoms with E-state index in [2.05, 4.69) is 5.32 Å². The largest absolute Gasteiger partial charge is 0.477 e. The summed E-state index contributed by atoms with van der Waals surface area (Å²) in [6, 6.07) is 1.41. The zero-order valence-electron chi connectivity index (χ0n) is 11.2. The van der Waals surface area contributed by atoms with Gasteiger partial charge in [0, 0.05) is 13.7 Å². The van der Waals surface area contributed by atoms with Gasteiger partial charge in [-0.2, -0.15) is 0 Å². The Kier molecular flexibility index (Phi) is 6.00. The Morgan fingerprint density at radius 1 is 1.57 bits per heavy atom. The lowest BCUT2D eigenvalue weighted by molar-refractivity contribution is -0.385. The molecular formula is C12H15FN2O6. The predicted octanol–water partition coefficient (Wildman–Crippen LogP) is 1.24. The molecule has 116 valence electrons. The highest BCUT2D eigenvalue weighted by Gasteiger charge is 2.23. The summed E-state index contributed by atoms with van der Waals surface area (Å²) in [5, 5.41) is 31.6. The number of hydrogen-bond donors (Lipinski definition) is 3. The molecule has 8 nitrogen and oxygen atoms in total. The Labute approximate surface area is 119 Å². The number of halogens is 1. The van der Waals surface area contributed by atoms with Crippen molar-refractivity contribution in [1.82, 2.24) is 0 Å². The van der Waals surface area contributed by atoms with Gasteiger partial charge in [-0.25, -0.2) is 9.18 Å². The lowest BCUT2D eigenvalue weighted by atomic mass is 10.1. The standard InChI is InChI=1S/C12H15FN2O6/c1-21-6-7(16)2-3-14-10-4-8(12(17)18)11(15(19)20)5-9(10)13/h4-5,7,14,16H,2-3,6H2,1H3,(H,17,18). The molecule has 0 spiro atoms. The van der Waals surface area contributed by atoms with Gasteiger partial charge < -0.3 is 20.3 Å². The lowest BCUT2D eigenvalue weighted by Crippen LogP contribution is -2.19. The number of nitrogens with one attached hydrogen (secondary N) is 1. The summed E-state index contributed by atoms with van der Waals surface area (Å²) in [7, 11) is 1.42. The maximum absolute atomic E-state index is 13.7.